The summed E-state index contributed by atoms with van der Waals surface area (Å²) in [4.78, 5) is 37.6. The molecule has 0 atom stereocenters. The van der Waals surface area contributed by atoms with Crippen LogP contribution in [-0.4, -0.2) is 38.7 Å². The molecule has 1 fully saturated rings. The molecule has 0 bridgehead atoms. The molecule has 0 saturated carbocycles. The molecule has 6 nitrogen and oxygen atoms in total. The van der Waals surface area contributed by atoms with Crippen molar-refractivity contribution in [1.82, 2.24) is 9.47 Å². The summed E-state index contributed by atoms with van der Waals surface area (Å²) in [7, 11) is 1.94. The third kappa shape index (κ3) is 3.90. The van der Waals surface area contributed by atoms with Crippen LogP contribution in [0.1, 0.15) is 37.7 Å². The first-order valence-corrected chi connectivity index (χ1v) is 8.41. The van der Waals surface area contributed by atoms with Gasteiger partial charge in [-0.1, -0.05) is 0 Å². The monoisotopic (exact) mass is 350 g/mol. The molecule has 0 aliphatic carbocycles. The molecule has 0 spiro atoms. The Morgan fingerprint density at radius 1 is 1.29 bits per heavy atom. The number of hydrogen-bond donors (Lipinski definition) is 0. The summed E-state index contributed by atoms with van der Waals surface area (Å²) < 4.78 is 7.18. The fraction of sp³-hybridized carbons (Fsp3) is 0.471. The second-order valence-corrected chi connectivity index (χ2v) is 7.73. The van der Waals surface area contributed by atoms with E-state index in [1.165, 1.54) is 0 Å². The average Bonchev–Trinajstić information content (AvgIpc) is 2.83. The van der Waals surface area contributed by atoms with Gasteiger partial charge >= 0.3 is 5.97 Å². The molecular formula is C17H22N2O4S. The number of rotatable bonds is 3. The van der Waals surface area contributed by atoms with Gasteiger partial charge in [0.1, 0.15) is 12.1 Å². The van der Waals surface area contributed by atoms with Crippen molar-refractivity contribution in [2.24, 2.45) is 7.05 Å². The molecule has 0 aromatic carbocycles. The second kappa shape index (κ2) is 6.47. The van der Waals surface area contributed by atoms with Gasteiger partial charge in [-0.15, -0.1) is 0 Å². The Morgan fingerprint density at radius 2 is 1.92 bits per heavy atom. The van der Waals surface area contributed by atoms with Gasteiger partial charge in [0.2, 0.25) is 0 Å². The number of aryl methyl sites for hydroxylation is 1. The average molecular weight is 350 g/mol. The number of thioether (sulfide) groups is 1. The van der Waals surface area contributed by atoms with Gasteiger partial charge in [0.15, 0.2) is 0 Å². The van der Waals surface area contributed by atoms with E-state index in [2.05, 4.69) is 0 Å². The summed E-state index contributed by atoms with van der Waals surface area (Å²) in [6, 6.07) is 1.96. The number of carbonyl (C=O) groups is 3. The zero-order chi connectivity index (χ0) is 18.2. The number of imide groups is 1. The highest BCUT2D eigenvalue weighted by Gasteiger charge is 2.37. The Hall–Kier alpha value is -2.02. The van der Waals surface area contributed by atoms with Crippen molar-refractivity contribution < 1.29 is 19.1 Å². The Kier molecular flexibility index (Phi) is 4.94. The molecule has 2 rings (SSSR count). The zero-order valence-corrected chi connectivity index (χ0v) is 15.6. The van der Waals surface area contributed by atoms with Gasteiger partial charge in [-0.2, -0.15) is 0 Å². The van der Waals surface area contributed by atoms with E-state index in [9.17, 15) is 14.4 Å². The topological polar surface area (TPSA) is 68.6 Å². The van der Waals surface area contributed by atoms with Crippen molar-refractivity contribution in [3.63, 3.8) is 0 Å². The lowest BCUT2D eigenvalue weighted by molar-refractivity contribution is -0.156. The van der Waals surface area contributed by atoms with Crippen molar-refractivity contribution in [3.8, 4) is 0 Å². The number of carbonyl (C=O) groups excluding carboxylic acids is 3. The standard InChI is InChI=1S/C17H22N2O4S/c1-10-7-12(11(2)18(10)6)8-13-15(21)19(16(22)24-13)9-14(20)23-17(3,4)5/h7-8H,9H2,1-6H3. The van der Waals surface area contributed by atoms with E-state index in [1.807, 2.05) is 31.5 Å². The minimum absolute atomic E-state index is 0.317. The molecule has 2 heterocycles. The van der Waals surface area contributed by atoms with Gasteiger partial charge in [0, 0.05) is 18.4 Å². The molecular weight excluding hydrogens is 328 g/mol. The molecule has 0 unspecified atom stereocenters. The lowest BCUT2D eigenvalue weighted by Gasteiger charge is -2.21. The van der Waals surface area contributed by atoms with E-state index in [4.69, 9.17) is 4.74 Å². The van der Waals surface area contributed by atoms with Crippen molar-refractivity contribution in [1.29, 1.82) is 0 Å². The number of ether oxygens (including phenoxy) is 1. The summed E-state index contributed by atoms with van der Waals surface area (Å²) in [5, 5.41) is -0.456. The summed E-state index contributed by atoms with van der Waals surface area (Å²) in [6.07, 6.45) is 1.70. The smallest absolute Gasteiger partial charge is 0.326 e. The van der Waals surface area contributed by atoms with E-state index in [0.717, 1.165) is 33.6 Å². The lowest BCUT2D eigenvalue weighted by Crippen LogP contribution is -2.37. The maximum Gasteiger partial charge on any atom is 0.326 e. The summed E-state index contributed by atoms with van der Waals surface area (Å²) >= 11 is 0.842. The largest absolute Gasteiger partial charge is 0.459 e. The predicted molar refractivity (Wildman–Crippen MR) is 93.4 cm³/mol. The third-order valence-corrected chi connectivity index (χ3v) is 4.59. The van der Waals surface area contributed by atoms with Crippen molar-refractivity contribution in [2.75, 3.05) is 6.54 Å². The minimum atomic E-state index is -0.659. The van der Waals surface area contributed by atoms with Crippen LogP contribution in [0, 0.1) is 13.8 Å². The van der Waals surface area contributed by atoms with Crippen molar-refractivity contribution in [3.05, 3.63) is 27.9 Å². The van der Waals surface area contributed by atoms with E-state index >= 15 is 0 Å². The van der Waals surface area contributed by atoms with Gasteiger partial charge in [0.05, 0.1) is 4.91 Å². The number of hydrogen-bond acceptors (Lipinski definition) is 5. The highest BCUT2D eigenvalue weighted by molar-refractivity contribution is 8.18. The minimum Gasteiger partial charge on any atom is -0.459 e. The van der Waals surface area contributed by atoms with Crippen LogP contribution in [0.2, 0.25) is 0 Å². The molecule has 0 radical (unpaired) electrons. The van der Waals surface area contributed by atoms with Crippen LogP contribution in [0.4, 0.5) is 4.79 Å². The number of esters is 1. The predicted octanol–water partition coefficient (Wildman–Crippen LogP) is 3.02. The van der Waals surface area contributed by atoms with Gasteiger partial charge in [-0.05, 0) is 64.1 Å². The molecule has 1 aliphatic heterocycles. The van der Waals surface area contributed by atoms with E-state index < -0.39 is 22.7 Å². The second-order valence-electron chi connectivity index (χ2n) is 6.74. The number of nitrogens with zero attached hydrogens (tertiary/aromatic N) is 2. The molecule has 24 heavy (non-hydrogen) atoms. The Morgan fingerprint density at radius 3 is 2.42 bits per heavy atom. The molecule has 1 aliphatic rings. The zero-order valence-electron chi connectivity index (χ0n) is 14.8. The van der Waals surface area contributed by atoms with Crippen LogP contribution < -0.4 is 0 Å². The van der Waals surface area contributed by atoms with Crippen molar-refractivity contribution >= 4 is 35.0 Å². The van der Waals surface area contributed by atoms with Crippen LogP contribution in [0.5, 0.6) is 0 Å². The van der Waals surface area contributed by atoms with Gasteiger partial charge in [-0.3, -0.25) is 19.3 Å². The van der Waals surface area contributed by atoms with Crippen LogP contribution in [0.25, 0.3) is 6.08 Å². The van der Waals surface area contributed by atoms with Crippen LogP contribution in [0.3, 0.4) is 0 Å². The first-order valence-electron chi connectivity index (χ1n) is 7.59. The third-order valence-electron chi connectivity index (χ3n) is 3.68. The maximum absolute atomic E-state index is 12.4. The fourth-order valence-electron chi connectivity index (χ4n) is 2.31. The first kappa shape index (κ1) is 18.3. The molecule has 2 amide bonds. The summed E-state index contributed by atoms with van der Waals surface area (Å²) in [5.41, 5.74) is 2.30. The highest BCUT2D eigenvalue weighted by Crippen LogP contribution is 2.33. The SMILES string of the molecule is Cc1cc(C=C2SC(=O)N(CC(=O)OC(C)(C)C)C2=O)c(C)n1C. The van der Waals surface area contributed by atoms with Gasteiger partial charge in [0.25, 0.3) is 11.1 Å². The van der Waals surface area contributed by atoms with E-state index in [-0.39, 0.29) is 6.54 Å². The van der Waals surface area contributed by atoms with E-state index in [1.54, 1.807) is 26.8 Å². The normalized spacial score (nSPS) is 17.1. The molecule has 0 N–H and O–H groups in total. The Labute approximate surface area is 145 Å². The van der Waals surface area contributed by atoms with E-state index in [0.29, 0.717) is 4.91 Å². The molecule has 1 aromatic rings. The summed E-state index contributed by atoms with van der Waals surface area (Å²) in [6.45, 7) is 8.76. The molecule has 7 heteroatoms. The molecule has 130 valence electrons. The van der Waals surface area contributed by atoms with Gasteiger partial charge < -0.3 is 9.30 Å². The first-order chi connectivity index (χ1) is 11.0. The van der Waals surface area contributed by atoms with Crippen molar-refractivity contribution in [2.45, 2.75) is 40.2 Å². The molecule has 1 saturated heterocycles. The fourth-order valence-corrected chi connectivity index (χ4v) is 3.14. The Balaban J connectivity index is 2.18. The highest BCUT2D eigenvalue weighted by atomic mass is 32.2. The quantitative estimate of drug-likeness (QED) is 0.619. The van der Waals surface area contributed by atoms with Crippen LogP contribution >= 0.6 is 11.8 Å². The molecule has 1 aromatic heterocycles. The maximum atomic E-state index is 12.4. The van der Waals surface area contributed by atoms with Gasteiger partial charge in [-0.25, -0.2) is 0 Å². The lowest BCUT2D eigenvalue weighted by atomic mass is 10.2. The van der Waals surface area contributed by atoms with Crippen LogP contribution in [-0.2, 0) is 21.4 Å². The number of amides is 2. The number of aromatic nitrogens is 1. The summed E-state index contributed by atoms with van der Waals surface area (Å²) in [5.74, 6) is -1.06. The van der Waals surface area contributed by atoms with Crippen LogP contribution in [0.15, 0.2) is 11.0 Å². The Bertz CT molecular complexity index is 741.